The summed E-state index contributed by atoms with van der Waals surface area (Å²) in [5.74, 6) is -0.423. The lowest BCUT2D eigenvalue weighted by atomic mass is 9.89. The second-order valence-corrected chi connectivity index (χ2v) is 6.56. The number of carbonyl (C=O) groups is 1. The van der Waals surface area contributed by atoms with Gasteiger partial charge < -0.3 is 9.74 Å². The summed E-state index contributed by atoms with van der Waals surface area (Å²) in [7, 11) is 0. The highest BCUT2D eigenvalue weighted by molar-refractivity contribution is 6.28. The van der Waals surface area contributed by atoms with Crippen LogP contribution < -0.4 is 0 Å². The van der Waals surface area contributed by atoms with E-state index in [1.807, 2.05) is 6.07 Å². The number of carbonyl (C=O) groups excluding carboxylic acids is 1. The number of likely N-dealkylation sites (tertiary alicyclic amines) is 1. The summed E-state index contributed by atoms with van der Waals surface area (Å²) < 4.78 is 14.1. The molecule has 0 N–H and O–H groups in total. The lowest BCUT2D eigenvalue weighted by molar-refractivity contribution is -0.136. The molecule has 0 radical (unpaired) electrons. The van der Waals surface area contributed by atoms with Crippen LogP contribution in [-0.4, -0.2) is 29.7 Å². The first-order chi connectivity index (χ1) is 12.7. The predicted octanol–water partition coefficient (Wildman–Crippen LogP) is 3.85. The molecule has 0 unspecified atom stereocenters. The van der Waals surface area contributed by atoms with Crippen molar-refractivity contribution >= 4 is 11.7 Å². The molecule has 4 rings (SSSR count). The summed E-state index contributed by atoms with van der Waals surface area (Å²) in [5, 5.41) is 3.79. The number of hydrogen-bond acceptors (Lipinski definition) is 4. The van der Waals surface area contributed by atoms with Crippen LogP contribution in [0.2, 0.25) is 0 Å². The maximum atomic E-state index is 14.1. The van der Waals surface area contributed by atoms with Crippen LogP contribution in [0.1, 0.15) is 29.9 Å². The third-order valence-corrected chi connectivity index (χ3v) is 4.94. The van der Waals surface area contributed by atoms with Gasteiger partial charge in [-0.2, -0.15) is 0 Å². The normalized spacial score (nSPS) is 19.6. The molecule has 0 aliphatic carbocycles. The van der Waals surface area contributed by atoms with Crippen molar-refractivity contribution in [3.8, 4) is 0 Å². The van der Waals surface area contributed by atoms with Crippen molar-refractivity contribution in [2.24, 2.45) is 5.16 Å². The largest absolute Gasteiger partial charge is 0.377 e. The summed E-state index contributed by atoms with van der Waals surface area (Å²) in [6, 6.07) is 16.8. The number of nitrogens with zero attached hydrogens (tertiary/aromatic N) is 2. The molecule has 2 aromatic carbocycles. The van der Waals surface area contributed by atoms with Gasteiger partial charge in [0.05, 0.1) is 0 Å². The van der Waals surface area contributed by atoms with E-state index in [9.17, 15) is 9.18 Å². The highest BCUT2D eigenvalue weighted by atomic mass is 19.1. The highest BCUT2D eigenvalue weighted by Crippen LogP contribution is 2.29. The van der Waals surface area contributed by atoms with E-state index in [-0.39, 0.29) is 11.3 Å². The van der Waals surface area contributed by atoms with E-state index >= 15 is 0 Å². The quantitative estimate of drug-likeness (QED) is 0.624. The van der Waals surface area contributed by atoms with Crippen molar-refractivity contribution in [2.45, 2.75) is 18.8 Å². The number of benzene rings is 2. The Morgan fingerprint density at radius 3 is 2.46 bits per heavy atom. The summed E-state index contributed by atoms with van der Waals surface area (Å²) in [6.07, 6.45) is 3.78. The molecule has 5 heteroatoms. The fraction of sp³-hybridized carbons (Fsp3) is 0.238. The Bertz CT molecular complexity index is 869. The topological polar surface area (TPSA) is 41.9 Å². The van der Waals surface area contributed by atoms with Crippen LogP contribution in [-0.2, 0) is 9.63 Å². The monoisotopic (exact) mass is 350 g/mol. The molecule has 0 aromatic heterocycles. The van der Waals surface area contributed by atoms with Crippen LogP contribution in [0.15, 0.2) is 71.5 Å². The van der Waals surface area contributed by atoms with Crippen molar-refractivity contribution in [2.75, 3.05) is 13.1 Å². The maximum absolute atomic E-state index is 14.1. The fourth-order valence-electron chi connectivity index (χ4n) is 3.51. The van der Waals surface area contributed by atoms with Gasteiger partial charge in [-0.25, -0.2) is 9.18 Å². The SMILES string of the molecule is O=C1ON=C(c2ccccc2F)C1=CN1CCC(c2ccccc2)CC1. The standard InChI is InChI=1S/C21H19FN2O2/c22-19-9-5-4-8-17(19)20-18(21(25)26-23-20)14-24-12-10-16(11-13-24)15-6-2-1-3-7-15/h1-9,14,16H,10-13H2. The van der Waals surface area contributed by atoms with Crippen LogP contribution in [0.25, 0.3) is 0 Å². The third kappa shape index (κ3) is 3.25. The smallest absolute Gasteiger partial charge is 0.369 e. The Labute approximate surface area is 151 Å². The lowest BCUT2D eigenvalue weighted by Crippen LogP contribution is -2.30. The first-order valence-electron chi connectivity index (χ1n) is 8.78. The van der Waals surface area contributed by atoms with E-state index in [4.69, 9.17) is 4.84 Å². The highest BCUT2D eigenvalue weighted by Gasteiger charge is 2.30. The van der Waals surface area contributed by atoms with Crippen LogP contribution >= 0.6 is 0 Å². The summed E-state index contributed by atoms with van der Waals surface area (Å²) in [6.45, 7) is 1.67. The zero-order valence-electron chi connectivity index (χ0n) is 14.3. The average molecular weight is 350 g/mol. The van der Waals surface area contributed by atoms with Gasteiger partial charge >= 0.3 is 5.97 Å². The molecule has 0 amide bonds. The molecule has 2 aromatic rings. The number of halogens is 1. The van der Waals surface area contributed by atoms with E-state index in [0.717, 1.165) is 25.9 Å². The van der Waals surface area contributed by atoms with Crippen molar-refractivity contribution < 1.29 is 14.0 Å². The molecular formula is C21H19FN2O2. The molecule has 1 saturated heterocycles. The molecule has 2 heterocycles. The van der Waals surface area contributed by atoms with Crippen molar-refractivity contribution in [3.05, 3.63) is 83.3 Å². The van der Waals surface area contributed by atoms with E-state index in [1.165, 1.54) is 11.6 Å². The van der Waals surface area contributed by atoms with Gasteiger partial charge in [-0.1, -0.05) is 47.6 Å². The van der Waals surface area contributed by atoms with Gasteiger partial charge in [-0.15, -0.1) is 0 Å². The Morgan fingerprint density at radius 2 is 1.73 bits per heavy atom. The minimum Gasteiger partial charge on any atom is -0.377 e. The molecular weight excluding hydrogens is 331 g/mol. The minimum atomic E-state index is -0.534. The molecule has 1 fully saturated rings. The van der Waals surface area contributed by atoms with Crippen molar-refractivity contribution in [1.82, 2.24) is 4.90 Å². The lowest BCUT2D eigenvalue weighted by Gasteiger charge is -2.31. The van der Waals surface area contributed by atoms with Crippen LogP contribution in [0.4, 0.5) is 4.39 Å². The maximum Gasteiger partial charge on any atom is 0.369 e. The van der Waals surface area contributed by atoms with Gasteiger partial charge in [-0.3, -0.25) is 0 Å². The van der Waals surface area contributed by atoms with Gasteiger partial charge in [0.15, 0.2) is 0 Å². The van der Waals surface area contributed by atoms with E-state index < -0.39 is 11.8 Å². The number of rotatable bonds is 3. The van der Waals surface area contributed by atoms with Crippen LogP contribution in [0.3, 0.4) is 0 Å². The fourth-order valence-corrected chi connectivity index (χ4v) is 3.51. The van der Waals surface area contributed by atoms with Gasteiger partial charge in [-0.05, 0) is 36.5 Å². The molecule has 4 nitrogen and oxygen atoms in total. The van der Waals surface area contributed by atoms with Gasteiger partial charge in [0, 0.05) is 24.9 Å². The molecule has 26 heavy (non-hydrogen) atoms. The minimum absolute atomic E-state index is 0.262. The van der Waals surface area contributed by atoms with Crippen LogP contribution in [0, 0.1) is 5.82 Å². The molecule has 0 spiro atoms. The first kappa shape index (κ1) is 16.5. The number of piperidine rings is 1. The Morgan fingerprint density at radius 1 is 1.04 bits per heavy atom. The third-order valence-electron chi connectivity index (χ3n) is 4.94. The molecule has 2 aliphatic heterocycles. The molecule has 0 bridgehead atoms. The van der Waals surface area contributed by atoms with E-state index in [2.05, 4.69) is 34.3 Å². The summed E-state index contributed by atoms with van der Waals surface area (Å²) in [4.78, 5) is 19.0. The molecule has 132 valence electrons. The van der Waals surface area contributed by atoms with Crippen molar-refractivity contribution in [3.63, 3.8) is 0 Å². The van der Waals surface area contributed by atoms with E-state index in [0.29, 0.717) is 11.5 Å². The van der Waals surface area contributed by atoms with Gasteiger partial charge in [0.25, 0.3) is 0 Å². The Hall–Kier alpha value is -2.95. The Kier molecular flexibility index (Phi) is 4.52. The second-order valence-electron chi connectivity index (χ2n) is 6.56. The first-order valence-corrected chi connectivity index (χ1v) is 8.78. The Balaban J connectivity index is 1.50. The zero-order valence-corrected chi connectivity index (χ0v) is 14.3. The van der Waals surface area contributed by atoms with Crippen LogP contribution in [0.5, 0.6) is 0 Å². The second kappa shape index (κ2) is 7.12. The number of oxime groups is 1. The van der Waals surface area contributed by atoms with Gasteiger partial charge in [0.2, 0.25) is 0 Å². The summed E-state index contributed by atoms with van der Waals surface area (Å²) in [5.41, 5.74) is 2.21. The van der Waals surface area contributed by atoms with E-state index in [1.54, 1.807) is 24.4 Å². The predicted molar refractivity (Wildman–Crippen MR) is 97.1 cm³/mol. The molecule has 0 saturated carbocycles. The van der Waals surface area contributed by atoms with Gasteiger partial charge in [0.1, 0.15) is 17.1 Å². The summed E-state index contributed by atoms with van der Waals surface area (Å²) >= 11 is 0. The average Bonchev–Trinajstić information content (AvgIpc) is 3.04. The molecule has 2 aliphatic rings. The van der Waals surface area contributed by atoms with Crippen molar-refractivity contribution in [1.29, 1.82) is 0 Å². The zero-order chi connectivity index (χ0) is 17.9. The molecule has 0 atom stereocenters. The number of hydrogen-bond donors (Lipinski definition) is 0.